The maximum absolute atomic E-state index is 13.0. The molecule has 4 heteroatoms. The fraction of sp³-hybridized carbons (Fsp3) is 0.296. The van der Waals surface area contributed by atoms with Gasteiger partial charge < -0.3 is 4.84 Å². The molecule has 1 aliphatic carbocycles. The Morgan fingerprint density at radius 1 is 0.968 bits per heavy atom. The summed E-state index contributed by atoms with van der Waals surface area (Å²) < 4.78 is 0. The van der Waals surface area contributed by atoms with Gasteiger partial charge in [0.2, 0.25) is 0 Å². The molecule has 0 spiro atoms. The fourth-order valence-corrected chi connectivity index (χ4v) is 3.70. The number of nitrogens with zero attached hydrogens (tertiary/aromatic N) is 1. The van der Waals surface area contributed by atoms with E-state index in [4.69, 9.17) is 4.84 Å². The summed E-state index contributed by atoms with van der Waals surface area (Å²) in [5.41, 5.74) is 2.08. The van der Waals surface area contributed by atoms with Crippen molar-refractivity contribution in [1.29, 1.82) is 0 Å². The molecule has 0 bridgehead atoms. The lowest BCUT2D eigenvalue weighted by molar-refractivity contribution is -0.148. The van der Waals surface area contributed by atoms with Crippen LogP contribution >= 0.6 is 0 Å². The van der Waals surface area contributed by atoms with Crippen LogP contribution in [0.1, 0.15) is 51.0 Å². The Hall–Kier alpha value is -3.27. The van der Waals surface area contributed by atoms with Crippen molar-refractivity contribution < 1.29 is 14.4 Å². The second kappa shape index (κ2) is 11.2. The number of carbonyl (C=O) groups excluding carboxylic acids is 2. The number of Topliss-reactive ketones (excluding diaryl/α,β-unsaturated/α-hetero) is 1. The number of hydrogen-bond acceptors (Lipinski definition) is 4. The molecule has 4 nitrogen and oxygen atoms in total. The molecule has 1 atom stereocenters. The zero-order valence-corrected chi connectivity index (χ0v) is 18.0. The van der Waals surface area contributed by atoms with Crippen LogP contribution in [0.25, 0.3) is 11.1 Å². The lowest BCUT2D eigenvalue weighted by Crippen LogP contribution is -2.35. The van der Waals surface area contributed by atoms with Crippen LogP contribution in [0.5, 0.6) is 0 Å². The van der Waals surface area contributed by atoms with E-state index in [-0.39, 0.29) is 5.78 Å². The van der Waals surface area contributed by atoms with Crippen molar-refractivity contribution in [3.8, 4) is 11.1 Å². The number of carbonyl (C=O) groups is 2. The van der Waals surface area contributed by atoms with Gasteiger partial charge in [0.25, 0.3) is 0 Å². The Morgan fingerprint density at radius 2 is 1.71 bits per heavy atom. The van der Waals surface area contributed by atoms with E-state index >= 15 is 0 Å². The van der Waals surface area contributed by atoms with Crippen LogP contribution in [0.3, 0.4) is 0 Å². The van der Waals surface area contributed by atoms with Crippen LogP contribution in [0.15, 0.2) is 84.1 Å². The lowest BCUT2D eigenvalue weighted by atomic mass is 9.75. The van der Waals surface area contributed by atoms with Gasteiger partial charge in [-0.3, -0.25) is 4.79 Å². The zero-order chi connectivity index (χ0) is 21.9. The van der Waals surface area contributed by atoms with E-state index in [0.29, 0.717) is 12.8 Å². The normalized spacial score (nSPS) is 17.7. The lowest BCUT2D eigenvalue weighted by Gasteiger charge is -2.28. The van der Waals surface area contributed by atoms with E-state index in [9.17, 15) is 9.59 Å². The Bertz CT molecular complexity index is 958. The second-order valence-corrected chi connectivity index (χ2v) is 7.80. The molecule has 160 valence electrons. The monoisotopic (exact) mass is 415 g/mol. The summed E-state index contributed by atoms with van der Waals surface area (Å²) in [5.74, 6) is -0.611. The highest BCUT2D eigenvalue weighted by Crippen LogP contribution is 2.35. The molecule has 1 unspecified atom stereocenters. The largest absolute Gasteiger partial charge is 0.349 e. The maximum atomic E-state index is 13.0. The quantitative estimate of drug-likeness (QED) is 0.202. The minimum absolute atomic E-state index is 0.121. The van der Waals surface area contributed by atoms with E-state index in [0.717, 1.165) is 48.6 Å². The summed E-state index contributed by atoms with van der Waals surface area (Å²) in [6.07, 6.45) is 13.7. The van der Waals surface area contributed by atoms with E-state index in [2.05, 4.69) is 24.2 Å². The molecule has 0 saturated carbocycles. The van der Waals surface area contributed by atoms with Gasteiger partial charge in [-0.15, -0.1) is 0 Å². The van der Waals surface area contributed by atoms with Crippen LogP contribution in [-0.4, -0.2) is 18.0 Å². The molecule has 0 amide bonds. The molecule has 0 aliphatic heterocycles. The highest BCUT2D eigenvalue weighted by atomic mass is 16.7. The van der Waals surface area contributed by atoms with Gasteiger partial charge in [-0.25, -0.2) is 4.79 Å². The highest BCUT2D eigenvalue weighted by molar-refractivity contribution is 6.27. The van der Waals surface area contributed by atoms with Crippen molar-refractivity contribution in [2.24, 2.45) is 5.16 Å². The number of rotatable bonds is 10. The molecule has 0 heterocycles. The Balaban J connectivity index is 1.70. The van der Waals surface area contributed by atoms with Crippen molar-refractivity contribution in [3.63, 3.8) is 0 Å². The average Bonchev–Trinajstić information content (AvgIpc) is 2.83. The molecule has 2 aromatic rings. The third kappa shape index (κ3) is 5.88. The topological polar surface area (TPSA) is 55.7 Å². The van der Waals surface area contributed by atoms with Gasteiger partial charge >= 0.3 is 5.97 Å². The van der Waals surface area contributed by atoms with Crippen LogP contribution in [0.2, 0.25) is 0 Å². The first kappa shape index (κ1) is 22.4. The minimum atomic E-state index is -0.953. The van der Waals surface area contributed by atoms with Gasteiger partial charge in [0.1, 0.15) is 11.6 Å². The van der Waals surface area contributed by atoms with Gasteiger partial charge in [0.15, 0.2) is 5.78 Å². The first-order valence-corrected chi connectivity index (χ1v) is 10.9. The molecule has 0 saturated heterocycles. The summed E-state index contributed by atoms with van der Waals surface area (Å²) in [6, 6.07) is 18.0. The fourth-order valence-electron chi connectivity index (χ4n) is 3.70. The molecule has 0 N–H and O–H groups in total. The SMILES string of the molecule is CCCCCCC(=O)C=NOC(=O)C1(c2ccc(-c3ccccc3)cc2)C=CC=CC1. The van der Waals surface area contributed by atoms with Crippen molar-refractivity contribution in [3.05, 3.63) is 84.5 Å². The smallest absolute Gasteiger partial charge is 0.317 e. The predicted octanol–water partition coefficient (Wildman–Crippen LogP) is 6.18. The van der Waals surface area contributed by atoms with Gasteiger partial charge in [-0.1, -0.05) is 110 Å². The molecular weight excluding hydrogens is 386 g/mol. The van der Waals surface area contributed by atoms with Crippen molar-refractivity contribution in [2.75, 3.05) is 0 Å². The summed E-state index contributed by atoms with van der Waals surface area (Å²) in [5, 5.41) is 3.70. The number of unbranched alkanes of at least 4 members (excludes halogenated alkanes) is 3. The molecule has 31 heavy (non-hydrogen) atoms. The average molecular weight is 416 g/mol. The summed E-state index contributed by atoms with van der Waals surface area (Å²) in [6.45, 7) is 2.13. The summed E-state index contributed by atoms with van der Waals surface area (Å²) in [7, 11) is 0. The molecule has 0 radical (unpaired) electrons. The van der Waals surface area contributed by atoms with E-state index in [1.807, 2.05) is 66.8 Å². The first-order valence-electron chi connectivity index (χ1n) is 10.9. The summed E-state index contributed by atoms with van der Waals surface area (Å²) >= 11 is 0. The van der Waals surface area contributed by atoms with Gasteiger partial charge in [-0.05, 0) is 29.5 Å². The van der Waals surface area contributed by atoms with Gasteiger partial charge in [0, 0.05) is 6.42 Å². The minimum Gasteiger partial charge on any atom is -0.317 e. The molecular formula is C27H29NO3. The molecule has 1 aliphatic rings. The predicted molar refractivity (Wildman–Crippen MR) is 125 cm³/mol. The van der Waals surface area contributed by atoms with Crippen LogP contribution in [0.4, 0.5) is 0 Å². The molecule has 0 aromatic heterocycles. The van der Waals surface area contributed by atoms with Crippen molar-refractivity contribution in [2.45, 2.75) is 50.9 Å². The van der Waals surface area contributed by atoms with Crippen LogP contribution in [-0.2, 0) is 19.8 Å². The molecule has 3 rings (SSSR count). The van der Waals surface area contributed by atoms with Crippen LogP contribution < -0.4 is 0 Å². The third-order valence-electron chi connectivity index (χ3n) is 5.55. The third-order valence-corrected chi connectivity index (χ3v) is 5.55. The van der Waals surface area contributed by atoms with Gasteiger partial charge in [-0.2, -0.15) is 0 Å². The Labute approximate surface area is 184 Å². The number of hydrogen-bond donors (Lipinski definition) is 0. The number of oxime groups is 1. The Morgan fingerprint density at radius 3 is 2.39 bits per heavy atom. The number of benzene rings is 2. The number of allylic oxidation sites excluding steroid dienone is 3. The van der Waals surface area contributed by atoms with Crippen molar-refractivity contribution in [1.82, 2.24) is 0 Å². The van der Waals surface area contributed by atoms with E-state index in [1.54, 1.807) is 0 Å². The summed E-state index contributed by atoms with van der Waals surface area (Å²) in [4.78, 5) is 30.1. The number of ketones is 1. The first-order chi connectivity index (χ1) is 15.2. The zero-order valence-electron chi connectivity index (χ0n) is 18.0. The van der Waals surface area contributed by atoms with Crippen molar-refractivity contribution >= 4 is 18.0 Å². The highest BCUT2D eigenvalue weighted by Gasteiger charge is 2.40. The standard InChI is InChI=1S/C27H29NO3/c1-2-3-4-9-14-25(29)21-28-31-26(30)27(19-10-6-11-20-27)24-17-15-23(16-18-24)22-12-7-5-8-13-22/h5-8,10-13,15-19,21H,2-4,9,14,20H2,1H3. The maximum Gasteiger partial charge on any atom is 0.349 e. The molecule has 0 fully saturated rings. The Kier molecular flexibility index (Phi) is 8.11. The van der Waals surface area contributed by atoms with Gasteiger partial charge in [0.05, 0.1) is 0 Å². The second-order valence-electron chi connectivity index (χ2n) is 7.80. The van der Waals surface area contributed by atoms with E-state index in [1.165, 1.54) is 0 Å². The molecule has 2 aromatic carbocycles. The van der Waals surface area contributed by atoms with Crippen LogP contribution in [0, 0.1) is 0 Å². The van der Waals surface area contributed by atoms with E-state index < -0.39 is 11.4 Å².